The number of allylic oxidation sites excluding steroid dienone is 2. The van der Waals surface area contributed by atoms with E-state index < -0.39 is 5.97 Å². The molecule has 0 bridgehead atoms. The molecular weight excluding hydrogens is 212 g/mol. The van der Waals surface area contributed by atoms with E-state index in [4.69, 9.17) is 5.11 Å². The van der Waals surface area contributed by atoms with Crippen molar-refractivity contribution in [2.75, 3.05) is 0 Å². The highest BCUT2D eigenvalue weighted by Gasteiger charge is 2.60. The molecule has 1 aliphatic carbocycles. The summed E-state index contributed by atoms with van der Waals surface area (Å²) in [6.45, 7) is 6.31. The van der Waals surface area contributed by atoms with Crippen molar-refractivity contribution < 1.29 is 9.90 Å². The molecule has 1 saturated carbocycles. The van der Waals surface area contributed by atoms with Gasteiger partial charge >= 0.3 is 5.97 Å². The molecule has 0 aliphatic heterocycles. The van der Waals surface area contributed by atoms with Crippen LogP contribution in [-0.4, -0.2) is 11.1 Å². The van der Waals surface area contributed by atoms with E-state index in [1.165, 1.54) is 32.1 Å². The van der Waals surface area contributed by atoms with Gasteiger partial charge in [-0.1, -0.05) is 58.6 Å². The molecule has 1 aliphatic rings. The molecule has 0 aromatic rings. The first-order valence-corrected chi connectivity index (χ1v) is 6.91. The second-order valence-electron chi connectivity index (χ2n) is 5.79. The van der Waals surface area contributed by atoms with Gasteiger partial charge in [-0.15, -0.1) is 0 Å². The van der Waals surface area contributed by atoms with Crippen LogP contribution in [0.3, 0.4) is 0 Å². The Morgan fingerprint density at radius 1 is 1.24 bits per heavy atom. The van der Waals surface area contributed by atoms with Crippen LogP contribution < -0.4 is 0 Å². The van der Waals surface area contributed by atoms with E-state index in [9.17, 15) is 4.79 Å². The molecule has 0 saturated heterocycles. The fourth-order valence-corrected chi connectivity index (χ4v) is 2.62. The zero-order valence-corrected chi connectivity index (χ0v) is 11.4. The van der Waals surface area contributed by atoms with E-state index in [0.717, 1.165) is 6.42 Å². The first-order valence-electron chi connectivity index (χ1n) is 6.91. The lowest BCUT2D eigenvalue weighted by molar-refractivity contribution is -0.139. The third kappa shape index (κ3) is 3.86. The predicted molar refractivity (Wildman–Crippen MR) is 70.9 cm³/mol. The molecule has 1 rings (SSSR count). The minimum atomic E-state index is -0.646. The summed E-state index contributed by atoms with van der Waals surface area (Å²) in [5.41, 5.74) is -0.0372. The van der Waals surface area contributed by atoms with E-state index in [2.05, 4.69) is 19.1 Å². The zero-order chi connectivity index (χ0) is 12.9. The maximum absolute atomic E-state index is 11.0. The number of hydrogen-bond donors (Lipinski definition) is 1. The topological polar surface area (TPSA) is 37.3 Å². The van der Waals surface area contributed by atoms with Gasteiger partial charge in [0.1, 0.15) is 0 Å². The Labute approximate surface area is 105 Å². The molecular formula is C15H26O2. The molecule has 0 aromatic heterocycles. The standard InChI is InChI=1S/C15H26O2/c1-4-5-6-7-8-9-10-11-12-13(14(16)17)15(12,2)3/h10-13H,4-9H2,1-3H3,(H,16,17). The van der Waals surface area contributed by atoms with Gasteiger partial charge in [0, 0.05) is 0 Å². The Kier molecular flexibility index (Phi) is 5.23. The second-order valence-corrected chi connectivity index (χ2v) is 5.79. The summed E-state index contributed by atoms with van der Waals surface area (Å²) in [4.78, 5) is 11.0. The van der Waals surface area contributed by atoms with Gasteiger partial charge in [0.05, 0.1) is 5.92 Å². The highest BCUT2D eigenvalue weighted by atomic mass is 16.4. The minimum absolute atomic E-state index is 0.0372. The first-order chi connectivity index (χ1) is 8.01. The van der Waals surface area contributed by atoms with Gasteiger partial charge < -0.3 is 5.11 Å². The minimum Gasteiger partial charge on any atom is -0.481 e. The summed E-state index contributed by atoms with van der Waals surface area (Å²) in [7, 11) is 0. The first kappa shape index (κ1) is 14.3. The van der Waals surface area contributed by atoms with Crippen LogP contribution in [0.4, 0.5) is 0 Å². The average Bonchev–Trinajstić information content (AvgIpc) is 2.79. The maximum atomic E-state index is 11.0. The largest absolute Gasteiger partial charge is 0.481 e. The quantitative estimate of drug-likeness (QED) is 0.507. The Balaban J connectivity index is 2.16. The van der Waals surface area contributed by atoms with Gasteiger partial charge in [-0.05, 0) is 24.2 Å². The van der Waals surface area contributed by atoms with E-state index in [0.29, 0.717) is 0 Å². The Bertz CT molecular complexity index is 279. The number of aliphatic carboxylic acids is 1. The number of carboxylic acids is 1. The lowest BCUT2D eigenvalue weighted by Crippen LogP contribution is -2.02. The summed E-state index contributed by atoms with van der Waals surface area (Å²) in [6, 6.07) is 0. The van der Waals surface area contributed by atoms with E-state index in [1.54, 1.807) is 0 Å². The normalized spacial score (nSPS) is 26.3. The van der Waals surface area contributed by atoms with Crippen LogP contribution in [0.1, 0.15) is 59.3 Å². The molecule has 98 valence electrons. The van der Waals surface area contributed by atoms with Crippen molar-refractivity contribution >= 4 is 5.97 Å². The third-order valence-corrected chi connectivity index (χ3v) is 3.99. The number of rotatable bonds is 8. The smallest absolute Gasteiger partial charge is 0.307 e. The Morgan fingerprint density at radius 2 is 1.88 bits per heavy atom. The summed E-state index contributed by atoms with van der Waals surface area (Å²) in [5, 5.41) is 9.03. The molecule has 2 unspecified atom stereocenters. The lowest BCUT2D eigenvalue weighted by atomic mass is 10.1. The number of carbonyl (C=O) groups is 1. The summed E-state index contributed by atoms with van der Waals surface area (Å²) >= 11 is 0. The number of hydrogen-bond acceptors (Lipinski definition) is 1. The summed E-state index contributed by atoms with van der Waals surface area (Å²) < 4.78 is 0. The van der Waals surface area contributed by atoms with Crippen LogP contribution in [0.25, 0.3) is 0 Å². The number of unbranched alkanes of at least 4 members (excludes halogenated alkanes) is 5. The van der Waals surface area contributed by atoms with Crippen LogP contribution in [0, 0.1) is 17.3 Å². The van der Waals surface area contributed by atoms with Gasteiger partial charge in [-0.3, -0.25) is 4.79 Å². The molecule has 1 fully saturated rings. The van der Waals surface area contributed by atoms with E-state index in [1.807, 2.05) is 13.8 Å². The van der Waals surface area contributed by atoms with Gasteiger partial charge in [-0.25, -0.2) is 0 Å². The molecule has 0 amide bonds. The molecule has 1 N–H and O–H groups in total. The third-order valence-electron chi connectivity index (χ3n) is 3.99. The Morgan fingerprint density at radius 3 is 2.41 bits per heavy atom. The lowest BCUT2D eigenvalue weighted by Gasteiger charge is -1.97. The van der Waals surface area contributed by atoms with Crippen molar-refractivity contribution in [2.45, 2.75) is 59.3 Å². The van der Waals surface area contributed by atoms with Crippen LogP contribution in [0.5, 0.6) is 0 Å². The second kappa shape index (κ2) is 6.23. The fourth-order valence-electron chi connectivity index (χ4n) is 2.62. The van der Waals surface area contributed by atoms with Gasteiger partial charge in [0.2, 0.25) is 0 Å². The van der Waals surface area contributed by atoms with Gasteiger partial charge in [0.15, 0.2) is 0 Å². The van der Waals surface area contributed by atoms with Crippen molar-refractivity contribution in [1.82, 2.24) is 0 Å². The van der Waals surface area contributed by atoms with Crippen LogP contribution >= 0.6 is 0 Å². The predicted octanol–water partition coefficient (Wildman–Crippen LogP) is 4.26. The molecule has 2 atom stereocenters. The fraction of sp³-hybridized carbons (Fsp3) is 0.800. The van der Waals surface area contributed by atoms with Crippen molar-refractivity contribution in [3.63, 3.8) is 0 Å². The van der Waals surface area contributed by atoms with Crippen LogP contribution in [0.15, 0.2) is 12.2 Å². The molecule has 0 radical (unpaired) electrons. The highest BCUT2D eigenvalue weighted by molar-refractivity contribution is 5.76. The van der Waals surface area contributed by atoms with Gasteiger partial charge in [0.25, 0.3) is 0 Å². The van der Waals surface area contributed by atoms with Crippen LogP contribution in [-0.2, 0) is 4.79 Å². The summed E-state index contributed by atoms with van der Waals surface area (Å²) in [5.74, 6) is -0.568. The van der Waals surface area contributed by atoms with Crippen molar-refractivity contribution in [2.24, 2.45) is 17.3 Å². The van der Waals surface area contributed by atoms with Gasteiger partial charge in [-0.2, -0.15) is 0 Å². The molecule has 2 heteroatoms. The van der Waals surface area contributed by atoms with Crippen LogP contribution in [0.2, 0.25) is 0 Å². The van der Waals surface area contributed by atoms with E-state index >= 15 is 0 Å². The SMILES string of the molecule is CCCCCCCC=CC1C(C(=O)O)C1(C)C. The maximum Gasteiger partial charge on any atom is 0.307 e. The average molecular weight is 238 g/mol. The highest BCUT2D eigenvalue weighted by Crippen LogP contribution is 2.59. The summed E-state index contributed by atoms with van der Waals surface area (Å²) in [6.07, 6.45) is 11.9. The molecule has 17 heavy (non-hydrogen) atoms. The molecule has 0 aromatic carbocycles. The van der Waals surface area contributed by atoms with Crippen molar-refractivity contribution in [3.05, 3.63) is 12.2 Å². The van der Waals surface area contributed by atoms with Crippen molar-refractivity contribution in [1.29, 1.82) is 0 Å². The van der Waals surface area contributed by atoms with E-state index in [-0.39, 0.29) is 17.3 Å². The zero-order valence-electron chi connectivity index (χ0n) is 11.4. The molecule has 0 spiro atoms. The molecule has 2 nitrogen and oxygen atoms in total. The number of carboxylic acid groups (broad SMARTS) is 1. The molecule has 0 heterocycles. The van der Waals surface area contributed by atoms with Crippen molar-refractivity contribution in [3.8, 4) is 0 Å². The monoisotopic (exact) mass is 238 g/mol. The Hall–Kier alpha value is -0.790.